The van der Waals surface area contributed by atoms with Crippen LogP contribution in [-0.4, -0.2) is 38.9 Å². The average molecular weight is 334 g/mol. The fourth-order valence-electron chi connectivity index (χ4n) is 2.77. The van der Waals surface area contributed by atoms with Crippen LogP contribution in [0, 0.1) is 12.7 Å². The van der Waals surface area contributed by atoms with Gasteiger partial charge in [-0.3, -0.25) is 0 Å². The minimum Gasteiger partial charge on any atom is -0.369 e. The number of rotatable bonds is 3. The highest BCUT2D eigenvalue weighted by Crippen LogP contribution is 2.22. The smallest absolute Gasteiger partial charge is 0.243 e. The largest absolute Gasteiger partial charge is 0.369 e. The number of hydrogen-bond acceptors (Lipinski definition) is 3. The van der Waals surface area contributed by atoms with Crippen LogP contribution >= 0.6 is 0 Å². The van der Waals surface area contributed by atoms with E-state index in [0.29, 0.717) is 26.2 Å². The molecule has 0 unspecified atom stereocenters. The molecule has 0 N–H and O–H groups in total. The number of piperazine rings is 1. The van der Waals surface area contributed by atoms with Crippen molar-refractivity contribution in [2.45, 2.75) is 11.8 Å². The molecule has 0 radical (unpaired) electrons. The predicted octanol–water partition coefficient (Wildman–Crippen LogP) is 2.65. The van der Waals surface area contributed by atoms with Crippen molar-refractivity contribution in [3.8, 4) is 0 Å². The summed E-state index contributed by atoms with van der Waals surface area (Å²) in [5.41, 5.74) is 2.30. The molecule has 2 aromatic carbocycles. The van der Waals surface area contributed by atoms with Crippen LogP contribution in [0.15, 0.2) is 53.4 Å². The summed E-state index contributed by atoms with van der Waals surface area (Å²) in [5.74, 6) is -0.437. The molecule has 1 aliphatic heterocycles. The second-order valence-electron chi connectivity index (χ2n) is 5.68. The predicted molar refractivity (Wildman–Crippen MR) is 88.6 cm³/mol. The highest BCUT2D eigenvalue weighted by molar-refractivity contribution is 7.89. The van der Waals surface area contributed by atoms with Crippen molar-refractivity contribution in [3.05, 3.63) is 59.9 Å². The van der Waals surface area contributed by atoms with E-state index < -0.39 is 15.8 Å². The fraction of sp³-hybridized carbons (Fsp3) is 0.294. The van der Waals surface area contributed by atoms with Gasteiger partial charge in [0.25, 0.3) is 0 Å². The van der Waals surface area contributed by atoms with Gasteiger partial charge in [0.05, 0.1) is 4.90 Å². The van der Waals surface area contributed by atoms with Gasteiger partial charge >= 0.3 is 0 Å². The van der Waals surface area contributed by atoms with Crippen LogP contribution in [0.3, 0.4) is 0 Å². The van der Waals surface area contributed by atoms with Gasteiger partial charge in [-0.1, -0.05) is 12.1 Å². The van der Waals surface area contributed by atoms with Crippen molar-refractivity contribution in [1.29, 1.82) is 0 Å². The maximum Gasteiger partial charge on any atom is 0.243 e. The van der Waals surface area contributed by atoms with Gasteiger partial charge in [-0.05, 0) is 48.9 Å². The lowest BCUT2D eigenvalue weighted by Crippen LogP contribution is -2.48. The Balaban J connectivity index is 1.72. The average Bonchev–Trinajstić information content (AvgIpc) is 2.55. The molecule has 1 fully saturated rings. The highest BCUT2D eigenvalue weighted by atomic mass is 32.2. The van der Waals surface area contributed by atoms with E-state index in [4.69, 9.17) is 0 Å². The molecule has 0 amide bonds. The molecule has 1 aliphatic rings. The van der Waals surface area contributed by atoms with Crippen molar-refractivity contribution >= 4 is 15.7 Å². The minimum atomic E-state index is -3.55. The van der Waals surface area contributed by atoms with E-state index >= 15 is 0 Å². The Labute approximate surface area is 136 Å². The maximum absolute atomic E-state index is 13.0. The molecule has 0 atom stereocenters. The second kappa shape index (κ2) is 6.29. The van der Waals surface area contributed by atoms with Crippen LogP contribution in [0.2, 0.25) is 0 Å². The van der Waals surface area contributed by atoms with Crippen LogP contribution in [-0.2, 0) is 10.0 Å². The number of anilines is 1. The van der Waals surface area contributed by atoms with E-state index in [1.54, 1.807) is 0 Å². The summed E-state index contributed by atoms with van der Waals surface area (Å²) >= 11 is 0. The van der Waals surface area contributed by atoms with E-state index in [1.165, 1.54) is 34.1 Å². The SMILES string of the molecule is Cc1cccc(N2CCN(S(=O)(=O)c3ccc(F)cc3)CC2)c1. The number of sulfonamides is 1. The molecule has 4 nitrogen and oxygen atoms in total. The standard InChI is InChI=1S/C17H19FN2O2S/c1-14-3-2-4-16(13-14)19-9-11-20(12-10-19)23(21,22)17-7-5-15(18)6-8-17/h2-8,13H,9-12H2,1H3. The molecule has 2 aromatic rings. The molecule has 0 spiro atoms. The number of nitrogens with zero attached hydrogens (tertiary/aromatic N) is 2. The summed E-state index contributed by atoms with van der Waals surface area (Å²) in [6.07, 6.45) is 0. The van der Waals surface area contributed by atoms with Crippen molar-refractivity contribution in [1.82, 2.24) is 4.31 Å². The normalized spacial score (nSPS) is 16.5. The Bertz CT molecular complexity index is 782. The third-order valence-corrected chi connectivity index (χ3v) is 5.97. The third kappa shape index (κ3) is 3.38. The number of aryl methyl sites for hydroxylation is 1. The summed E-state index contributed by atoms with van der Waals surface area (Å²) in [7, 11) is -3.55. The molecule has 122 valence electrons. The summed E-state index contributed by atoms with van der Waals surface area (Å²) < 4.78 is 39.6. The van der Waals surface area contributed by atoms with E-state index in [2.05, 4.69) is 11.0 Å². The van der Waals surface area contributed by atoms with Crippen molar-refractivity contribution in [3.63, 3.8) is 0 Å². The van der Waals surface area contributed by atoms with Gasteiger partial charge < -0.3 is 4.90 Å². The highest BCUT2D eigenvalue weighted by Gasteiger charge is 2.28. The minimum absolute atomic E-state index is 0.142. The first-order valence-electron chi connectivity index (χ1n) is 7.54. The van der Waals surface area contributed by atoms with Crippen LogP contribution in [0.4, 0.5) is 10.1 Å². The van der Waals surface area contributed by atoms with Crippen molar-refractivity contribution < 1.29 is 12.8 Å². The van der Waals surface area contributed by atoms with Gasteiger partial charge in [0.2, 0.25) is 10.0 Å². The first-order valence-corrected chi connectivity index (χ1v) is 8.98. The zero-order valence-electron chi connectivity index (χ0n) is 12.9. The maximum atomic E-state index is 13.0. The molecule has 0 saturated carbocycles. The zero-order chi connectivity index (χ0) is 16.4. The third-order valence-electron chi connectivity index (χ3n) is 4.06. The monoisotopic (exact) mass is 334 g/mol. The molecular formula is C17H19FN2O2S. The first-order chi connectivity index (χ1) is 11.0. The van der Waals surface area contributed by atoms with Gasteiger partial charge in [0, 0.05) is 31.9 Å². The molecule has 1 saturated heterocycles. The van der Waals surface area contributed by atoms with Crippen LogP contribution in [0.5, 0.6) is 0 Å². The van der Waals surface area contributed by atoms with Gasteiger partial charge in [0.1, 0.15) is 5.82 Å². The van der Waals surface area contributed by atoms with Gasteiger partial charge in [-0.2, -0.15) is 4.31 Å². The molecule has 1 heterocycles. The first kappa shape index (κ1) is 16.0. The molecule has 0 aliphatic carbocycles. The van der Waals surface area contributed by atoms with Crippen LogP contribution < -0.4 is 4.90 Å². The number of benzene rings is 2. The lowest BCUT2D eigenvalue weighted by Gasteiger charge is -2.35. The Morgan fingerprint density at radius 3 is 2.22 bits per heavy atom. The summed E-state index contributed by atoms with van der Waals surface area (Å²) in [5, 5.41) is 0. The molecule has 0 bridgehead atoms. The number of halogens is 1. The van der Waals surface area contributed by atoms with Crippen LogP contribution in [0.25, 0.3) is 0 Å². The van der Waals surface area contributed by atoms with E-state index in [9.17, 15) is 12.8 Å². The molecule has 6 heteroatoms. The molecule has 3 rings (SSSR count). The topological polar surface area (TPSA) is 40.6 Å². The van der Waals surface area contributed by atoms with Crippen LogP contribution in [0.1, 0.15) is 5.56 Å². The summed E-state index contributed by atoms with van der Waals surface area (Å²) in [6, 6.07) is 13.2. The Hall–Kier alpha value is -1.92. The van der Waals surface area contributed by atoms with Crippen molar-refractivity contribution in [2.24, 2.45) is 0 Å². The van der Waals surface area contributed by atoms with Gasteiger partial charge in [0.15, 0.2) is 0 Å². The number of hydrogen-bond donors (Lipinski definition) is 0. The molecular weight excluding hydrogens is 315 g/mol. The van der Waals surface area contributed by atoms with E-state index in [0.717, 1.165) is 5.69 Å². The second-order valence-corrected chi connectivity index (χ2v) is 7.62. The van der Waals surface area contributed by atoms with Gasteiger partial charge in [-0.15, -0.1) is 0 Å². The van der Waals surface area contributed by atoms with E-state index in [1.807, 2.05) is 25.1 Å². The molecule has 23 heavy (non-hydrogen) atoms. The van der Waals surface area contributed by atoms with Crippen molar-refractivity contribution in [2.75, 3.05) is 31.1 Å². The Morgan fingerprint density at radius 1 is 0.957 bits per heavy atom. The van der Waals surface area contributed by atoms with E-state index in [-0.39, 0.29) is 4.90 Å². The quantitative estimate of drug-likeness (QED) is 0.866. The summed E-state index contributed by atoms with van der Waals surface area (Å²) in [4.78, 5) is 2.33. The zero-order valence-corrected chi connectivity index (χ0v) is 13.8. The lowest BCUT2D eigenvalue weighted by atomic mass is 10.2. The lowest BCUT2D eigenvalue weighted by molar-refractivity contribution is 0.385. The Kier molecular flexibility index (Phi) is 4.37. The molecule has 0 aromatic heterocycles. The Morgan fingerprint density at radius 2 is 1.61 bits per heavy atom. The van der Waals surface area contributed by atoms with Gasteiger partial charge in [-0.25, -0.2) is 12.8 Å². The fourth-order valence-corrected chi connectivity index (χ4v) is 4.19. The summed E-state index contributed by atoms with van der Waals surface area (Å²) in [6.45, 7) is 4.17.